The van der Waals surface area contributed by atoms with Crippen LogP contribution in [-0.2, 0) is 14.8 Å². The molecule has 0 bridgehead atoms. The summed E-state index contributed by atoms with van der Waals surface area (Å²) in [6.45, 7) is 1.48. The van der Waals surface area contributed by atoms with E-state index in [1.165, 1.54) is 6.07 Å². The molecule has 120 valence electrons. The van der Waals surface area contributed by atoms with Crippen molar-refractivity contribution in [3.8, 4) is 5.75 Å². The Balaban J connectivity index is 1.88. The standard InChI is InChI=1S/C13H16BrN3O4S/c14-9-5-10-11(21-7-13(18)16-10)6-12(9)22(19,20)17-8-1-3-15-4-2-8/h5-6,8,15,17H,1-4,7H2,(H,16,18). The van der Waals surface area contributed by atoms with Gasteiger partial charge in [-0.3, -0.25) is 4.79 Å². The minimum atomic E-state index is -3.65. The molecule has 1 amide bonds. The first-order valence-corrected chi connectivity index (χ1v) is 9.22. The number of benzene rings is 1. The summed E-state index contributed by atoms with van der Waals surface area (Å²) in [6.07, 6.45) is 1.52. The van der Waals surface area contributed by atoms with Crippen LogP contribution in [0.5, 0.6) is 5.75 Å². The van der Waals surface area contributed by atoms with Crippen molar-refractivity contribution in [1.82, 2.24) is 10.0 Å². The second-order valence-corrected chi connectivity index (χ2v) is 7.80. The lowest BCUT2D eigenvalue weighted by Gasteiger charge is -2.24. The average Bonchev–Trinajstić information content (AvgIpc) is 2.46. The van der Waals surface area contributed by atoms with E-state index >= 15 is 0 Å². The molecule has 0 saturated carbocycles. The molecule has 0 aromatic heterocycles. The highest BCUT2D eigenvalue weighted by molar-refractivity contribution is 9.10. The van der Waals surface area contributed by atoms with Gasteiger partial charge in [-0.25, -0.2) is 13.1 Å². The number of halogens is 1. The molecule has 0 atom stereocenters. The van der Waals surface area contributed by atoms with Crippen molar-refractivity contribution in [3.05, 3.63) is 16.6 Å². The van der Waals surface area contributed by atoms with Gasteiger partial charge in [-0.2, -0.15) is 0 Å². The summed E-state index contributed by atoms with van der Waals surface area (Å²) < 4.78 is 33.5. The maximum Gasteiger partial charge on any atom is 0.262 e. The number of nitrogens with one attached hydrogen (secondary N) is 3. The fraction of sp³-hybridized carbons (Fsp3) is 0.462. The van der Waals surface area contributed by atoms with Crippen LogP contribution >= 0.6 is 15.9 Å². The Labute approximate surface area is 137 Å². The molecule has 2 heterocycles. The molecule has 1 saturated heterocycles. The summed E-state index contributed by atoms with van der Waals surface area (Å²) in [7, 11) is -3.65. The predicted molar refractivity (Wildman–Crippen MR) is 84.5 cm³/mol. The van der Waals surface area contributed by atoms with Gasteiger partial charge in [0.2, 0.25) is 10.0 Å². The lowest BCUT2D eigenvalue weighted by atomic mass is 10.1. The average molecular weight is 390 g/mol. The lowest BCUT2D eigenvalue weighted by molar-refractivity contribution is -0.118. The van der Waals surface area contributed by atoms with E-state index in [1.54, 1.807) is 6.07 Å². The third-order valence-corrected chi connectivity index (χ3v) is 6.10. The molecular weight excluding hydrogens is 374 g/mol. The topological polar surface area (TPSA) is 96.5 Å². The first-order valence-electron chi connectivity index (χ1n) is 6.95. The Hall–Kier alpha value is -1.16. The number of carbonyl (C=O) groups excluding carboxylic acids is 1. The Morgan fingerprint density at radius 3 is 2.73 bits per heavy atom. The molecule has 0 unspecified atom stereocenters. The van der Waals surface area contributed by atoms with Gasteiger partial charge < -0.3 is 15.4 Å². The number of piperidine rings is 1. The molecule has 2 aliphatic rings. The van der Waals surface area contributed by atoms with Gasteiger partial charge in [0.1, 0.15) is 5.75 Å². The molecule has 7 nitrogen and oxygen atoms in total. The highest BCUT2D eigenvalue weighted by Gasteiger charge is 2.27. The Kier molecular flexibility index (Phi) is 4.40. The van der Waals surface area contributed by atoms with E-state index in [4.69, 9.17) is 4.74 Å². The van der Waals surface area contributed by atoms with E-state index in [1.807, 2.05) is 0 Å². The van der Waals surface area contributed by atoms with Crippen LogP contribution in [0, 0.1) is 0 Å². The normalized spacial score (nSPS) is 19.2. The fourth-order valence-electron chi connectivity index (χ4n) is 2.51. The number of rotatable bonds is 3. The van der Waals surface area contributed by atoms with E-state index in [0.29, 0.717) is 15.9 Å². The predicted octanol–water partition coefficient (Wildman–Crippen LogP) is 0.810. The van der Waals surface area contributed by atoms with Gasteiger partial charge in [-0.1, -0.05) is 0 Å². The number of anilines is 1. The van der Waals surface area contributed by atoms with Crippen LogP contribution in [0.1, 0.15) is 12.8 Å². The molecule has 1 fully saturated rings. The number of hydrogen-bond donors (Lipinski definition) is 3. The van der Waals surface area contributed by atoms with E-state index in [-0.39, 0.29) is 23.5 Å². The summed E-state index contributed by atoms with van der Waals surface area (Å²) >= 11 is 3.26. The Morgan fingerprint density at radius 2 is 2.00 bits per heavy atom. The van der Waals surface area contributed by atoms with Gasteiger partial charge in [0.25, 0.3) is 5.91 Å². The lowest BCUT2D eigenvalue weighted by Crippen LogP contribution is -2.42. The van der Waals surface area contributed by atoms with Crippen LogP contribution in [-0.4, -0.2) is 40.1 Å². The second-order valence-electron chi connectivity index (χ2n) is 5.26. The maximum absolute atomic E-state index is 12.6. The SMILES string of the molecule is O=C1COc2cc(S(=O)(=O)NC3CCNCC3)c(Br)cc2N1. The zero-order valence-electron chi connectivity index (χ0n) is 11.7. The molecule has 0 spiro atoms. The van der Waals surface area contributed by atoms with Gasteiger partial charge in [-0.05, 0) is 47.9 Å². The number of amides is 1. The minimum Gasteiger partial charge on any atom is -0.482 e. The summed E-state index contributed by atoms with van der Waals surface area (Å²) in [5.74, 6) is 0.0938. The van der Waals surface area contributed by atoms with E-state index < -0.39 is 10.0 Å². The van der Waals surface area contributed by atoms with Gasteiger partial charge in [0, 0.05) is 16.6 Å². The van der Waals surface area contributed by atoms with Crippen LogP contribution in [0.3, 0.4) is 0 Å². The smallest absolute Gasteiger partial charge is 0.262 e. The van der Waals surface area contributed by atoms with Crippen LogP contribution in [0.25, 0.3) is 0 Å². The number of ether oxygens (including phenoxy) is 1. The van der Waals surface area contributed by atoms with Gasteiger partial charge >= 0.3 is 0 Å². The molecular formula is C13H16BrN3O4S. The summed E-state index contributed by atoms with van der Waals surface area (Å²) in [5.41, 5.74) is 0.462. The van der Waals surface area contributed by atoms with Crippen molar-refractivity contribution < 1.29 is 17.9 Å². The first kappa shape index (κ1) is 15.7. The van der Waals surface area contributed by atoms with E-state index in [9.17, 15) is 13.2 Å². The molecule has 22 heavy (non-hydrogen) atoms. The zero-order valence-corrected chi connectivity index (χ0v) is 14.1. The van der Waals surface area contributed by atoms with Gasteiger partial charge in [0.15, 0.2) is 6.61 Å². The van der Waals surface area contributed by atoms with Gasteiger partial charge in [0.05, 0.1) is 10.6 Å². The first-order chi connectivity index (χ1) is 10.5. The number of sulfonamides is 1. The third-order valence-electron chi connectivity index (χ3n) is 3.62. The summed E-state index contributed by atoms with van der Waals surface area (Å²) in [4.78, 5) is 11.4. The minimum absolute atomic E-state index is 0.0743. The summed E-state index contributed by atoms with van der Waals surface area (Å²) in [6, 6.07) is 2.90. The summed E-state index contributed by atoms with van der Waals surface area (Å²) in [5, 5.41) is 5.84. The monoisotopic (exact) mass is 389 g/mol. The zero-order chi connectivity index (χ0) is 15.7. The van der Waals surface area contributed by atoms with Crippen LogP contribution in [0.15, 0.2) is 21.5 Å². The molecule has 0 radical (unpaired) electrons. The van der Waals surface area contributed by atoms with Crippen molar-refractivity contribution >= 4 is 37.5 Å². The van der Waals surface area contributed by atoms with Crippen molar-refractivity contribution in [2.75, 3.05) is 25.0 Å². The molecule has 1 aromatic rings. The number of carbonyl (C=O) groups is 1. The molecule has 2 aliphatic heterocycles. The molecule has 3 rings (SSSR count). The number of fused-ring (bicyclic) bond motifs is 1. The van der Waals surface area contributed by atoms with Crippen molar-refractivity contribution in [3.63, 3.8) is 0 Å². The quantitative estimate of drug-likeness (QED) is 0.710. The molecule has 1 aromatic carbocycles. The highest BCUT2D eigenvalue weighted by Crippen LogP contribution is 2.35. The molecule has 9 heteroatoms. The van der Waals surface area contributed by atoms with Crippen LogP contribution in [0.2, 0.25) is 0 Å². The van der Waals surface area contributed by atoms with E-state index in [0.717, 1.165) is 25.9 Å². The van der Waals surface area contributed by atoms with Crippen LogP contribution in [0.4, 0.5) is 5.69 Å². The fourth-order valence-corrected chi connectivity index (χ4v) is 4.87. The van der Waals surface area contributed by atoms with Crippen LogP contribution < -0.4 is 20.1 Å². The maximum atomic E-state index is 12.6. The van der Waals surface area contributed by atoms with Crippen molar-refractivity contribution in [2.45, 2.75) is 23.8 Å². The molecule has 3 N–H and O–H groups in total. The third kappa shape index (κ3) is 3.27. The van der Waals surface area contributed by atoms with Crippen molar-refractivity contribution in [2.24, 2.45) is 0 Å². The largest absolute Gasteiger partial charge is 0.482 e. The highest BCUT2D eigenvalue weighted by atomic mass is 79.9. The second kappa shape index (κ2) is 6.15. The number of hydrogen-bond acceptors (Lipinski definition) is 5. The Morgan fingerprint density at radius 1 is 1.27 bits per heavy atom. The van der Waals surface area contributed by atoms with Crippen molar-refractivity contribution in [1.29, 1.82) is 0 Å². The molecule has 0 aliphatic carbocycles. The Bertz CT molecular complexity index is 701. The van der Waals surface area contributed by atoms with E-state index in [2.05, 4.69) is 31.3 Å². The van der Waals surface area contributed by atoms with Gasteiger partial charge in [-0.15, -0.1) is 0 Å².